The van der Waals surface area contributed by atoms with Gasteiger partial charge >= 0.3 is 5.69 Å². The fourth-order valence-corrected chi connectivity index (χ4v) is 2.27. The van der Waals surface area contributed by atoms with E-state index in [9.17, 15) is 29.2 Å². The molecule has 25 heavy (non-hydrogen) atoms. The first-order valence-corrected chi connectivity index (χ1v) is 6.97. The molecule has 0 saturated carbocycles. The summed E-state index contributed by atoms with van der Waals surface area (Å²) in [6.07, 6.45) is 1.17. The van der Waals surface area contributed by atoms with Crippen molar-refractivity contribution in [1.29, 1.82) is 0 Å². The van der Waals surface area contributed by atoms with Gasteiger partial charge in [-0.2, -0.15) is 0 Å². The molecule has 0 atom stereocenters. The first-order valence-electron chi connectivity index (χ1n) is 6.97. The molecule has 126 valence electrons. The van der Waals surface area contributed by atoms with E-state index in [2.05, 4.69) is 5.43 Å². The van der Waals surface area contributed by atoms with Gasteiger partial charge in [0.15, 0.2) is 5.75 Å². The predicted molar refractivity (Wildman–Crippen MR) is 84.8 cm³/mol. The van der Waals surface area contributed by atoms with Crippen LogP contribution in [-0.4, -0.2) is 21.8 Å². The van der Waals surface area contributed by atoms with Crippen molar-refractivity contribution in [2.24, 2.45) is 0 Å². The minimum atomic E-state index is -0.779. The summed E-state index contributed by atoms with van der Waals surface area (Å²) in [5, 5.41) is 21.2. The van der Waals surface area contributed by atoms with Crippen LogP contribution in [-0.2, 0) is 9.59 Å². The number of hydrogen-bond acceptors (Lipinski definition) is 5. The molecule has 0 aromatic heterocycles. The van der Waals surface area contributed by atoms with Gasteiger partial charge in [-0.3, -0.25) is 25.1 Å². The number of anilines is 1. The smallest absolute Gasteiger partial charge is 0.311 e. The Morgan fingerprint density at radius 3 is 2.48 bits per heavy atom. The van der Waals surface area contributed by atoms with E-state index in [0.29, 0.717) is 0 Å². The maximum absolute atomic E-state index is 13.0. The summed E-state index contributed by atoms with van der Waals surface area (Å²) in [5.74, 6) is -2.41. The molecule has 2 aromatic carbocycles. The Morgan fingerprint density at radius 1 is 1.16 bits per heavy atom. The second kappa shape index (κ2) is 6.04. The molecular formula is C16H10FN3O5. The summed E-state index contributed by atoms with van der Waals surface area (Å²) in [5.41, 5.74) is 2.00. The van der Waals surface area contributed by atoms with E-state index in [4.69, 9.17) is 0 Å². The molecule has 9 heteroatoms. The largest absolute Gasteiger partial charge is 0.502 e. The Hall–Kier alpha value is -3.75. The van der Waals surface area contributed by atoms with Gasteiger partial charge in [0, 0.05) is 6.07 Å². The third-order valence-corrected chi connectivity index (χ3v) is 3.48. The summed E-state index contributed by atoms with van der Waals surface area (Å²) in [4.78, 5) is 34.5. The number of carbonyl (C=O) groups is 2. The monoisotopic (exact) mass is 343 g/mol. The third kappa shape index (κ3) is 3.02. The number of hydrogen-bond donors (Lipinski definition) is 2. The Balaban J connectivity index is 1.95. The highest BCUT2D eigenvalue weighted by Gasteiger charge is 2.34. The van der Waals surface area contributed by atoms with E-state index in [-0.39, 0.29) is 16.8 Å². The van der Waals surface area contributed by atoms with Crippen LogP contribution in [0.5, 0.6) is 5.75 Å². The Morgan fingerprint density at radius 2 is 1.84 bits per heavy atom. The second-order valence-corrected chi connectivity index (χ2v) is 5.12. The lowest BCUT2D eigenvalue weighted by Crippen LogP contribution is -2.35. The Kier molecular flexibility index (Phi) is 3.89. The van der Waals surface area contributed by atoms with Crippen LogP contribution in [0.4, 0.5) is 15.8 Å². The summed E-state index contributed by atoms with van der Waals surface area (Å²) in [6.45, 7) is 0. The summed E-state index contributed by atoms with van der Waals surface area (Å²) in [7, 11) is 0. The average molecular weight is 343 g/mol. The zero-order chi connectivity index (χ0) is 18.1. The zero-order valence-corrected chi connectivity index (χ0v) is 12.5. The Labute approximate surface area is 139 Å². The van der Waals surface area contributed by atoms with E-state index < -0.39 is 34.0 Å². The maximum Gasteiger partial charge on any atom is 0.311 e. The average Bonchev–Trinajstić information content (AvgIpc) is 2.85. The molecule has 1 aliphatic heterocycles. The quantitative estimate of drug-likeness (QED) is 0.382. The van der Waals surface area contributed by atoms with Crippen molar-refractivity contribution in [3.05, 3.63) is 69.5 Å². The number of carbonyl (C=O) groups excluding carboxylic acids is 2. The number of nitrogens with one attached hydrogen (secondary N) is 1. The molecule has 1 saturated heterocycles. The van der Waals surface area contributed by atoms with Crippen LogP contribution in [0.15, 0.2) is 48.0 Å². The first-order chi connectivity index (χ1) is 11.9. The molecular weight excluding hydrogens is 333 g/mol. The molecule has 0 spiro atoms. The lowest BCUT2D eigenvalue weighted by Gasteiger charge is -2.14. The molecule has 2 aromatic rings. The molecule has 0 bridgehead atoms. The summed E-state index contributed by atoms with van der Waals surface area (Å²) >= 11 is 0. The van der Waals surface area contributed by atoms with Gasteiger partial charge in [0.2, 0.25) is 0 Å². The molecule has 0 unspecified atom stereocenters. The molecule has 8 nitrogen and oxygen atoms in total. The van der Waals surface area contributed by atoms with Gasteiger partial charge < -0.3 is 5.11 Å². The third-order valence-electron chi connectivity index (χ3n) is 3.48. The number of halogens is 1. The van der Waals surface area contributed by atoms with Gasteiger partial charge in [-0.1, -0.05) is 6.07 Å². The van der Waals surface area contributed by atoms with Crippen LogP contribution >= 0.6 is 0 Å². The van der Waals surface area contributed by atoms with Crippen molar-refractivity contribution in [3.63, 3.8) is 0 Å². The molecule has 0 radical (unpaired) electrons. The van der Waals surface area contributed by atoms with Gasteiger partial charge in [0.25, 0.3) is 11.8 Å². The number of benzene rings is 2. The number of hydrazine groups is 1. The lowest BCUT2D eigenvalue weighted by molar-refractivity contribution is -0.385. The second-order valence-electron chi connectivity index (χ2n) is 5.12. The van der Waals surface area contributed by atoms with Gasteiger partial charge in [-0.05, 0) is 42.0 Å². The van der Waals surface area contributed by atoms with Crippen LogP contribution in [0.3, 0.4) is 0 Å². The molecule has 1 aliphatic rings. The maximum atomic E-state index is 13.0. The van der Waals surface area contributed by atoms with Crippen molar-refractivity contribution in [2.75, 3.05) is 5.01 Å². The number of nitrogens with zero attached hydrogens (tertiary/aromatic N) is 2. The number of phenols is 1. The Bertz CT molecular complexity index is 924. The molecule has 3 rings (SSSR count). The molecule has 1 heterocycles. The summed E-state index contributed by atoms with van der Waals surface area (Å²) < 4.78 is 13.0. The number of amides is 2. The van der Waals surface area contributed by atoms with Crippen molar-refractivity contribution >= 4 is 29.3 Å². The lowest BCUT2D eigenvalue weighted by atomic mass is 10.1. The SMILES string of the molecule is O=C1NN(c2ccc(F)cc2)C(=O)C1=Cc1ccc(O)c([N+](=O)[O-])c1. The van der Waals surface area contributed by atoms with E-state index in [1.54, 1.807) is 0 Å². The van der Waals surface area contributed by atoms with Crippen molar-refractivity contribution in [2.45, 2.75) is 0 Å². The minimum Gasteiger partial charge on any atom is -0.502 e. The van der Waals surface area contributed by atoms with Gasteiger partial charge in [0.05, 0.1) is 10.6 Å². The number of nitro benzene ring substituents is 1. The zero-order valence-electron chi connectivity index (χ0n) is 12.5. The minimum absolute atomic E-state index is 0.198. The highest BCUT2D eigenvalue weighted by molar-refractivity contribution is 6.31. The van der Waals surface area contributed by atoms with E-state index in [1.807, 2.05) is 0 Å². The normalized spacial score (nSPS) is 15.6. The number of nitro groups is 1. The van der Waals surface area contributed by atoms with Crippen molar-refractivity contribution in [1.82, 2.24) is 5.43 Å². The molecule has 0 aliphatic carbocycles. The predicted octanol–water partition coefficient (Wildman–Crippen LogP) is 1.90. The summed E-state index contributed by atoms with van der Waals surface area (Å²) in [6, 6.07) is 8.39. The van der Waals surface area contributed by atoms with Gasteiger partial charge in [-0.15, -0.1) is 0 Å². The number of aromatic hydroxyl groups is 1. The van der Waals surface area contributed by atoms with E-state index in [0.717, 1.165) is 29.3 Å². The number of phenolic OH excluding ortho intramolecular Hbond substituents is 1. The molecule has 2 amide bonds. The number of rotatable bonds is 3. The first kappa shape index (κ1) is 16.1. The van der Waals surface area contributed by atoms with Crippen LogP contribution < -0.4 is 10.4 Å². The molecule has 1 fully saturated rings. The van der Waals surface area contributed by atoms with Crippen LogP contribution in [0.25, 0.3) is 6.08 Å². The van der Waals surface area contributed by atoms with Crippen LogP contribution in [0.1, 0.15) is 5.56 Å². The highest BCUT2D eigenvalue weighted by atomic mass is 19.1. The fourth-order valence-electron chi connectivity index (χ4n) is 2.27. The fraction of sp³-hybridized carbons (Fsp3) is 0. The topological polar surface area (TPSA) is 113 Å². The van der Waals surface area contributed by atoms with Crippen molar-refractivity contribution < 1.29 is 24.0 Å². The van der Waals surface area contributed by atoms with Gasteiger partial charge in [-0.25, -0.2) is 9.40 Å². The van der Waals surface area contributed by atoms with Crippen LogP contribution in [0.2, 0.25) is 0 Å². The van der Waals surface area contributed by atoms with E-state index >= 15 is 0 Å². The standard InChI is InChI=1S/C16H10FN3O5/c17-10-2-4-11(5-3-10)19-16(23)12(15(22)18-19)7-9-1-6-14(21)13(8-9)20(24)25/h1-8,21H,(H,18,22). The van der Waals surface area contributed by atoms with Crippen LogP contribution in [0, 0.1) is 15.9 Å². The highest BCUT2D eigenvalue weighted by Crippen LogP contribution is 2.28. The van der Waals surface area contributed by atoms with E-state index in [1.165, 1.54) is 24.3 Å². The van der Waals surface area contributed by atoms with Gasteiger partial charge in [0.1, 0.15) is 11.4 Å². The van der Waals surface area contributed by atoms with Crippen molar-refractivity contribution in [3.8, 4) is 5.75 Å². The molecule has 2 N–H and O–H groups in total.